The lowest BCUT2D eigenvalue weighted by Crippen LogP contribution is -2.27. The van der Waals surface area contributed by atoms with E-state index in [0.29, 0.717) is 17.7 Å². The molecule has 1 amide bonds. The van der Waals surface area contributed by atoms with Crippen LogP contribution in [0.3, 0.4) is 0 Å². The van der Waals surface area contributed by atoms with Crippen molar-refractivity contribution in [3.05, 3.63) is 40.2 Å². The number of aromatic nitrogens is 2. The van der Waals surface area contributed by atoms with Gasteiger partial charge in [-0.25, -0.2) is 0 Å². The van der Waals surface area contributed by atoms with Crippen molar-refractivity contribution in [2.75, 3.05) is 12.8 Å². The number of amides is 1. The SMILES string of the molecule is Cc1ccc(CN(C)C(=O)CSc2nnc(-c3cc4c(s3)CC[C@H](C)C4)o2)o1. The van der Waals surface area contributed by atoms with Crippen LogP contribution in [-0.2, 0) is 24.2 Å². The highest BCUT2D eigenvalue weighted by atomic mass is 32.2. The summed E-state index contributed by atoms with van der Waals surface area (Å²) < 4.78 is 11.3. The van der Waals surface area contributed by atoms with E-state index in [0.717, 1.165) is 35.2 Å². The van der Waals surface area contributed by atoms with Crippen molar-refractivity contribution in [1.29, 1.82) is 0 Å². The Kier molecular flexibility index (Phi) is 5.59. The molecule has 0 bridgehead atoms. The van der Waals surface area contributed by atoms with Crippen LogP contribution in [0, 0.1) is 12.8 Å². The average molecular weight is 418 g/mol. The number of nitrogens with zero attached hydrogens (tertiary/aromatic N) is 3. The number of rotatable bonds is 6. The van der Waals surface area contributed by atoms with Crippen molar-refractivity contribution in [3.63, 3.8) is 0 Å². The van der Waals surface area contributed by atoms with E-state index in [9.17, 15) is 4.79 Å². The van der Waals surface area contributed by atoms with Crippen molar-refractivity contribution in [1.82, 2.24) is 15.1 Å². The second kappa shape index (κ2) is 8.13. The van der Waals surface area contributed by atoms with Gasteiger partial charge in [-0.2, -0.15) is 0 Å². The smallest absolute Gasteiger partial charge is 0.277 e. The van der Waals surface area contributed by atoms with Gasteiger partial charge in [0.25, 0.3) is 11.1 Å². The number of thiophene rings is 1. The van der Waals surface area contributed by atoms with Crippen LogP contribution in [0.4, 0.5) is 0 Å². The topological polar surface area (TPSA) is 72.4 Å². The highest BCUT2D eigenvalue weighted by Crippen LogP contribution is 2.37. The largest absolute Gasteiger partial charge is 0.464 e. The fourth-order valence-corrected chi connectivity index (χ4v) is 5.14. The molecule has 3 heterocycles. The molecule has 0 unspecified atom stereocenters. The Morgan fingerprint density at radius 3 is 3.00 bits per heavy atom. The first kappa shape index (κ1) is 19.3. The Morgan fingerprint density at radius 2 is 2.21 bits per heavy atom. The molecule has 6 nitrogen and oxygen atoms in total. The molecule has 0 saturated heterocycles. The second-order valence-corrected chi connectivity index (χ2v) is 9.39. The lowest BCUT2D eigenvalue weighted by Gasteiger charge is -2.16. The number of hydrogen-bond donors (Lipinski definition) is 0. The van der Waals surface area contributed by atoms with Crippen molar-refractivity contribution >= 4 is 29.0 Å². The minimum Gasteiger partial charge on any atom is -0.464 e. The average Bonchev–Trinajstić information content (AvgIpc) is 3.38. The molecule has 0 N–H and O–H groups in total. The summed E-state index contributed by atoms with van der Waals surface area (Å²) in [6.45, 7) is 4.63. The minimum atomic E-state index is -0.0145. The maximum Gasteiger partial charge on any atom is 0.277 e. The van der Waals surface area contributed by atoms with Gasteiger partial charge in [0, 0.05) is 11.9 Å². The van der Waals surface area contributed by atoms with Crippen molar-refractivity contribution < 1.29 is 13.6 Å². The lowest BCUT2D eigenvalue weighted by molar-refractivity contribution is -0.127. The first-order valence-electron chi connectivity index (χ1n) is 9.35. The number of hydrogen-bond acceptors (Lipinski definition) is 7. The quantitative estimate of drug-likeness (QED) is 0.547. The van der Waals surface area contributed by atoms with E-state index >= 15 is 0 Å². The molecule has 1 aliphatic rings. The molecule has 3 aromatic heterocycles. The zero-order valence-electron chi connectivity index (χ0n) is 16.2. The normalized spacial score (nSPS) is 16.2. The van der Waals surface area contributed by atoms with Gasteiger partial charge < -0.3 is 13.7 Å². The molecule has 0 spiro atoms. The molecule has 1 atom stereocenters. The molecule has 28 heavy (non-hydrogen) atoms. The monoisotopic (exact) mass is 417 g/mol. The zero-order valence-corrected chi connectivity index (χ0v) is 17.9. The molecule has 0 aliphatic heterocycles. The molecule has 3 aromatic rings. The van der Waals surface area contributed by atoms with Crippen LogP contribution in [0.1, 0.15) is 35.3 Å². The summed E-state index contributed by atoms with van der Waals surface area (Å²) >= 11 is 3.01. The van der Waals surface area contributed by atoms with E-state index in [1.165, 1.54) is 28.6 Å². The van der Waals surface area contributed by atoms with Crippen molar-refractivity contribution in [2.45, 2.75) is 44.9 Å². The number of thioether (sulfide) groups is 1. The Morgan fingerprint density at radius 1 is 1.36 bits per heavy atom. The van der Waals surface area contributed by atoms with Crippen molar-refractivity contribution in [3.8, 4) is 10.8 Å². The van der Waals surface area contributed by atoms with E-state index in [2.05, 4.69) is 23.2 Å². The van der Waals surface area contributed by atoms with Gasteiger partial charge in [0.05, 0.1) is 17.2 Å². The number of aryl methyl sites for hydroxylation is 2. The lowest BCUT2D eigenvalue weighted by atomic mass is 9.90. The predicted molar refractivity (Wildman–Crippen MR) is 109 cm³/mol. The van der Waals surface area contributed by atoms with Gasteiger partial charge in [0.1, 0.15) is 11.5 Å². The maximum atomic E-state index is 12.3. The van der Waals surface area contributed by atoms with Crippen LogP contribution in [-0.4, -0.2) is 33.8 Å². The first-order valence-corrected chi connectivity index (χ1v) is 11.2. The van der Waals surface area contributed by atoms with Crippen LogP contribution < -0.4 is 0 Å². The maximum absolute atomic E-state index is 12.3. The standard InChI is InChI=1S/C20H23N3O3S2/c1-12-4-7-16-14(8-12)9-17(28-16)19-21-22-20(26-19)27-11-18(24)23(3)10-15-6-5-13(2)25-15/h5-6,9,12H,4,7-8,10-11H2,1-3H3/t12-/m0/s1. The van der Waals surface area contributed by atoms with Gasteiger partial charge in [-0.15, -0.1) is 21.5 Å². The van der Waals surface area contributed by atoms with Crippen LogP contribution in [0.5, 0.6) is 0 Å². The van der Waals surface area contributed by atoms with Crippen molar-refractivity contribution in [2.24, 2.45) is 5.92 Å². The molecule has 1 aliphatic carbocycles. The zero-order chi connectivity index (χ0) is 19.7. The predicted octanol–water partition coefficient (Wildman–Crippen LogP) is 4.58. The van der Waals surface area contributed by atoms with Gasteiger partial charge in [-0.3, -0.25) is 4.79 Å². The van der Waals surface area contributed by atoms with Crippen LogP contribution in [0.25, 0.3) is 10.8 Å². The molecule has 0 fully saturated rings. The third kappa shape index (κ3) is 4.33. The number of carbonyl (C=O) groups excluding carboxylic acids is 1. The molecule has 0 radical (unpaired) electrons. The van der Waals surface area contributed by atoms with E-state index in [4.69, 9.17) is 8.83 Å². The fraction of sp³-hybridized carbons (Fsp3) is 0.450. The summed E-state index contributed by atoms with van der Waals surface area (Å²) in [4.78, 5) is 16.4. The summed E-state index contributed by atoms with van der Waals surface area (Å²) in [6.07, 6.45) is 3.50. The van der Waals surface area contributed by atoms with Crippen LogP contribution in [0.15, 0.2) is 32.3 Å². The van der Waals surface area contributed by atoms with Crippen LogP contribution >= 0.6 is 23.1 Å². The molecular formula is C20H23N3O3S2. The summed E-state index contributed by atoms with van der Waals surface area (Å²) in [7, 11) is 1.76. The van der Waals surface area contributed by atoms with Crippen LogP contribution in [0.2, 0.25) is 0 Å². The third-order valence-electron chi connectivity index (χ3n) is 4.88. The van der Waals surface area contributed by atoms with E-state index < -0.39 is 0 Å². The Balaban J connectivity index is 1.34. The second-order valence-electron chi connectivity index (χ2n) is 7.33. The summed E-state index contributed by atoms with van der Waals surface area (Å²) in [5, 5.41) is 8.69. The molecule has 0 saturated carbocycles. The van der Waals surface area contributed by atoms with Gasteiger partial charge in [0.2, 0.25) is 5.91 Å². The van der Waals surface area contributed by atoms with E-state index in [1.807, 2.05) is 19.1 Å². The van der Waals surface area contributed by atoms with Gasteiger partial charge in [0.15, 0.2) is 0 Å². The highest BCUT2D eigenvalue weighted by Gasteiger charge is 2.21. The Bertz CT molecular complexity index is 975. The highest BCUT2D eigenvalue weighted by molar-refractivity contribution is 7.99. The molecule has 0 aromatic carbocycles. The third-order valence-corrected chi connectivity index (χ3v) is 6.91. The number of furan rings is 1. The van der Waals surface area contributed by atoms with E-state index in [-0.39, 0.29) is 11.7 Å². The molecular weight excluding hydrogens is 394 g/mol. The van der Waals surface area contributed by atoms with Gasteiger partial charge in [-0.1, -0.05) is 18.7 Å². The van der Waals surface area contributed by atoms with Gasteiger partial charge >= 0.3 is 0 Å². The Labute approximate surface area is 172 Å². The molecule has 4 rings (SSSR count). The fourth-order valence-electron chi connectivity index (χ4n) is 3.30. The number of fused-ring (bicyclic) bond motifs is 1. The number of carbonyl (C=O) groups is 1. The molecule has 148 valence electrons. The first-order chi connectivity index (χ1) is 13.5. The Hall–Kier alpha value is -2.06. The van der Waals surface area contributed by atoms with Gasteiger partial charge in [-0.05, 0) is 55.9 Å². The minimum absolute atomic E-state index is 0.0145. The summed E-state index contributed by atoms with van der Waals surface area (Å²) in [5.41, 5.74) is 1.41. The summed E-state index contributed by atoms with van der Waals surface area (Å²) in [6, 6.07) is 5.96. The van der Waals surface area contributed by atoms with E-state index in [1.54, 1.807) is 23.3 Å². The summed E-state index contributed by atoms with van der Waals surface area (Å²) in [5.74, 6) is 3.12. The molecule has 8 heteroatoms.